The first-order valence-corrected chi connectivity index (χ1v) is 8.86. The summed E-state index contributed by atoms with van der Waals surface area (Å²) in [4.78, 5) is 0. The van der Waals surface area contributed by atoms with Gasteiger partial charge in [0.1, 0.15) is 19.3 Å². The minimum absolute atomic E-state index is 0.484. The fraction of sp³-hybridized carbons (Fsp3) is 0.182. The Kier molecular flexibility index (Phi) is 4.85. The van der Waals surface area contributed by atoms with Crippen LogP contribution >= 0.6 is 0 Å². The van der Waals surface area contributed by atoms with Gasteiger partial charge in [0.05, 0.1) is 11.4 Å². The van der Waals surface area contributed by atoms with E-state index in [0.29, 0.717) is 36.0 Å². The monoisotopic (exact) mass is 360 g/mol. The molecule has 0 spiro atoms. The van der Waals surface area contributed by atoms with Gasteiger partial charge in [-0.3, -0.25) is 0 Å². The Morgan fingerprint density at radius 2 is 1.52 bits per heavy atom. The number of azo groups is 1. The molecule has 3 aromatic carbocycles. The number of benzene rings is 3. The van der Waals surface area contributed by atoms with Crippen molar-refractivity contribution in [1.82, 2.24) is 0 Å². The zero-order valence-electron chi connectivity index (χ0n) is 15.0. The van der Waals surface area contributed by atoms with E-state index in [1.165, 1.54) is 0 Å². The highest BCUT2D eigenvalue weighted by atomic mass is 16.6. The molecule has 27 heavy (non-hydrogen) atoms. The first-order chi connectivity index (χ1) is 13.2. The molecule has 5 nitrogen and oxygen atoms in total. The molecule has 0 bridgehead atoms. The number of ether oxygens (including phenoxy) is 2. The number of hydrogen-bond donors (Lipinski definition) is 1. The van der Waals surface area contributed by atoms with Gasteiger partial charge in [0, 0.05) is 11.6 Å². The van der Waals surface area contributed by atoms with Crippen molar-refractivity contribution in [3.8, 4) is 11.5 Å². The molecule has 4 rings (SSSR count). The van der Waals surface area contributed by atoms with Crippen molar-refractivity contribution in [3.63, 3.8) is 0 Å². The van der Waals surface area contributed by atoms with Crippen LogP contribution in [-0.2, 0) is 0 Å². The standard InChI is InChI=1S/C22H20N2O3/c1-15-7-9-16(10-8-15)22(25)18-13-20-21(27-12-11-26-20)14-19(18)24-23-17-5-3-2-4-6-17/h2-10,13-14,22,25H,11-12H2,1H3. The van der Waals surface area contributed by atoms with E-state index < -0.39 is 6.10 Å². The van der Waals surface area contributed by atoms with Crippen LogP contribution in [0.25, 0.3) is 0 Å². The number of fused-ring (bicyclic) bond motifs is 1. The fourth-order valence-corrected chi connectivity index (χ4v) is 2.93. The van der Waals surface area contributed by atoms with Gasteiger partial charge in [-0.1, -0.05) is 48.0 Å². The lowest BCUT2D eigenvalue weighted by atomic mass is 9.98. The van der Waals surface area contributed by atoms with Crippen LogP contribution in [0.4, 0.5) is 11.4 Å². The van der Waals surface area contributed by atoms with E-state index in [0.717, 1.165) is 16.8 Å². The predicted octanol–water partition coefficient (Wildman–Crippen LogP) is 5.26. The Morgan fingerprint density at radius 1 is 0.852 bits per heavy atom. The number of rotatable bonds is 4. The lowest BCUT2D eigenvalue weighted by Gasteiger charge is -2.21. The van der Waals surface area contributed by atoms with Crippen LogP contribution in [0.3, 0.4) is 0 Å². The fourth-order valence-electron chi connectivity index (χ4n) is 2.93. The van der Waals surface area contributed by atoms with Crippen LogP contribution in [0.15, 0.2) is 77.0 Å². The van der Waals surface area contributed by atoms with Crippen LogP contribution in [0.5, 0.6) is 11.5 Å². The molecule has 1 aliphatic heterocycles. The van der Waals surface area contributed by atoms with Crippen LogP contribution in [0, 0.1) is 6.92 Å². The van der Waals surface area contributed by atoms with Gasteiger partial charge in [-0.05, 0) is 30.7 Å². The molecule has 0 aliphatic carbocycles. The summed E-state index contributed by atoms with van der Waals surface area (Å²) in [7, 11) is 0. The predicted molar refractivity (Wildman–Crippen MR) is 103 cm³/mol. The van der Waals surface area contributed by atoms with E-state index >= 15 is 0 Å². The Hall–Kier alpha value is -3.18. The summed E-state index contributed by atoms with van der Waals surface area (Å²) in [6.07, 6.45) is -0.842. The Balaban J connectivity index is 1.76. The van der Waals surface area contributed by atoms with Crippen molar-refractivity contribution in [2.75, 3.05) is 13.2 Å². The second kappa shape index (κ2) is 7.60. The summed E-state index contributed by atoms with van der Waals surface area (Å²) >= 11 is 0. The Bertz CT molecular complexity index is 953. The first kappa shape index (κ1) is 17.2. The van der Waals surface area contributed by atoms with Crippen molar-refractivity contribution in [1.29, 1.82) is 0 Å². The molecule has 1 N–H and O–H groups in total. The van der Waals surface area contributed by atoms with E-state index in [4.69, 9.17) is 9.47 Å². The minimum Gasteiger partial charge on any atom is -0.486 e. The van der Waals surface area contributed by atoms with Gasteiger partial charge in [0.2, 0.25) is 0 Å². The number of aryl methyl sites for hydroxylation is 1. The largest absolute Gasteiger partial charge is 0.486 e. The number of aliphatic hydroxyl groups excluding tert-OH is 1. The third-order valence-electron chi connectivity index (χ3n) is 4.41. The Morgan fingerprint density at radius 3 is 2.22 bits per heavy atom. The molecule has 1 atom stereocenters. The number of hydrogen-bond acceptors (Lipinski definition) is 5. The molecule has 3 aromatic rings. The zero-order valence-corrected chi connectivity index (χ0v) is 15.0. The third-order valence-corrected chi connectivity index (χ3v) is 4.41. The summed E-state index contributed by atoms with van der Waals surface area (Å²) in [5, 5.41) is 19.6. The minimum atomic E-state index is -0.842. The molecular formula is C22H20N2O3. The van der Waals surface area contributed by atoms with Crippen LogP contribution < -0.4 is 9.47 Å². The highest BCUT2D eigenvalue weighted by molar-refractivity contribution is 5.60. The third kappa shape index (κ3) is 3.83. The average Bonchev–Trinajstić information content (AvgIpc) is 2.72. The van der Waals surface area contributed by atoms with E-state index in [1.807, 2.05) is 61.5 Å². The van der Waals surface area contributed by atoms with Crippen molar-refractivity contribution in [2.24, 2.45) is 10.2 Å². The maximum absolute atomic E-state index is 11.0. The maximum atomic E-state index is 11.0. The summed E-state index contributed by atoms with van der Waals surface area (Å²) in [6, 6.07) is 20.8. The first-order valence-electron chi connectivity index (χ1n) is 8.86. The van der Waals surface area contributed by atoms with Gasteiger partial charge in [0.15, 0.2) is 11.5 Å². The molecule has 1 unspecified atom stereocenters. The van der Waals surface area contributed by atoms with Crippen molar-refractivity contribution >= 4 is 11.4 Å². The van der Waals surface area contributed by atoms with Crippen LogP contribution in [0.2, 0.25) is 0 Å². The van der Waals surface area contributed by atoms with Crippen LogP contribution in [0.1, 0.15) is 22.8 Å². The lowest BCUT2D eigenvalue weighted by molar-refractivity contribution is 0.170. The average molecular weight is 360 g/mol. The molecule has 0 radical (unpaired) electrons. The molecule has 0 saturated heterocycles. The SMILES string of the molecule is Cc1ccc(C(O)c2cc3c(cc2N=Nc2ccccc2)OCCO3)cc1. The van der Waals surface area contributed by atoms with E-state index in [9.17, 15) is 5.11 Å². The van der Waals surface area contributed by atoms with Gasteiger partial charge in [-0.15, -0.1) is 0 Å². The van der Waals surface area contributed by atoms with Gasteiger partial charge in [-0.25, -0.2) is 0 Å². The zero-order chi connectivity index (χ0) is 18.6. The normalized spacial score (nSPS) is 14.3. The summed E-state index contributed by atoms with van der Waals surface area (Å²) in [6.45, 7) is 2.99. The molecule has 0 aromatic heterocycles. The summed E-state index contributed by atoms with van der Waals surface area (Å²) in [5.74, 6) is 1.23. The van der Waals surface area contributed by atoms with Gasteiger partial charge >= 0.3 is 0 Å². The van der Waals surface area contributed by atoms with E-state index in [2.05, 4.69) is 10.2 Å². The van der Waals surface area contributed by atoms with Crippen molar-refractivity contribution in [2.45, 2.75) is 13.0 Å². The highest BCUT2D eigenvalue weighted by Crippen LogP contribution is 2.41. The lowest BCUT2D eigenvalue weighted by Crippen LogP contribution is -2.15. The molecule has 1 heterocycles. The molecule has 0 saturated carbocycles. The molecule has 5 heteroatoms. The van der Waals surface area contributed by atoms with Gasteiger partial charge < -0.3 is 14.6 Å². The van der Waals surface area contributed by atoms with Gasteiger partial charge in [-0.2, -0.15) is 10.2 Å². The summed E-state index contributed by atoms with van der Waals surface area (Å²) < 4.78 is 11.3. The van der Waals surface area contributed by atoms with Crippen molar-refractivity contribution < 1.29 is 14.6 Å². The van der Waals surface area contributed by atoms with Crippen LogP contribution in [-0.4, -0.2) is 18.3 Å². The maximum Gasteiger partial charge on any atom is 0.163 e. The second-order valence-corrected chi connectivity index (χ2v) is 6.40. The van der Waals surface area contributed by atoms with Crippen molar-refractivity contribution in [3.05, 3.63) is 83.4 Å². The molecule has 136 valence electrons. The van der Waals surface area contributed by atoms with E-state index in [1.54, 1.807) is 12.1 Å². The summed E-state index contributed by atoms with van der Waals surface area (Å²) in [5.41, 5.74) is 3.84. The number of aliphatic hydroxyl groups is 1. The van der Waals surface area contributed by atoms with E-state index in [-0.39, 0.29) is 0 Å². The highest BCUT2D eigenvalue weighted by Gasteiger charge is 2.21. The van der Waals surface area contributed by atoms with Gasteiger partial charge in [0.25, 0.3) is 0 Å². The number of nitrogens with zero attached hydrogens (tertiary/aromatic N) is 2. The molecular weight excluding hydrogens is 340 g/mol. The second-order valence-electron chi connectivity index (χ2n) is 6.40. The topological polar surface area (TPSA) is 63.4 Å². The Labute approximate surface area is 157 Å². The molecule has 1 aliphatic rings. The quantitative estimate of drug-likeness (QED) is 0.645. The molecule has 0 fully saturated rings. The smallest absolute Gasteiger partial charge is 0.163 e. The molecule has 0 amide bonds.